The molecule has 0 aromatic heterocycles. The molecule has 1 saturated carbocycles. The van der Waals surface area contributed by atoms with Crippen LogP contribution in [0.1, 0.15) is 39.5 Å². The van der Waals surface area contributed by atoms with Gasteiger partial charge in [0.05, 0.1) is 18.0 Å². The summed E-state index contributed by atoms with van der Waals surface area (Å²) in [4.78, 5) is 2.20. The van der Waals surface area contributed by atoms with E-state index in [1.54, 1.807) is 6.07 Å². The van der Waals surface area contributed by atoms with Gasteiger partial charge in [0.15, 0.2) is 11.6 Å². The van der Waals surface area contributed by atoms with Crippen molar-refractivity contribution in [1.29, 1.82) is 0 Å². The van der Waals surface area contributed by atoms with E-state index < -0.39 is 5.82 Å². The molecule has 0 aliphatic heterocycles. The molecule has 2 unspecified atom stereocenters. The zero-order valence-corrected chi connectivity index (χ0v) is 12.7. The molecule has 4 heteroatoms. The highest BCUT2D eigenvalue weighted by molar-refractivity contribution is 5.70. The van der Waals surface area contributed by atoms with Gasteiger partial charge in [0, 0.05) is 25.2 Å². The first kappa shape index (κ1) is 14.9. The third-order valence-electron chi connectivity index (χ3n) is 4.32. The van der Waals surface area contributed by atoms with Crippen molar-refractivity contribution in [2.24, 2.45) is 5.92 Å². The molecule has 1 aliphatic carbocycles. The van der Waals surface area contributed by atoms with Gasteiger partial charge < -0.3 is 15.4 Å². The highest BCUT2D eigenvalue weighted by Crippen LogP contribution is 2.36. The minimum absolute atomic E-state index is 0.284. The van der Waals surface area contributed by atoms with Crippen molar-refractivity contribution in [3.63, 3.8) is 0 Å². The van der Waals surface area contributed by atoms with Crippen LogP contribution in [0.4, 0.5) is 15.8 Å². The molecule has 0 bridgehead atoms. The van der Waals surface area contributed by atoms with E-state index in [4.69, 9.17) is 10.5 Å². The first-order valence-electron chi connectivity index (χ1n) is 7.49. The molecule has 0 radical (unpaired) electrons. The number of nitrogens with zero attached hydrogens (tertiary/aromatic N) is 1. The number of hydrogen-bond donors (Lipinski definition) is 1. The van der Waals surface area contributed by atoms with Crippen LogP contribution >= 0.6 is 0 Å². The molecule has 1 aromatic rings. The summed E-state index contributed by atoms with van der Waals surface area (Å²) in [7, 11) is 2.05. The third kappa shape index (κ3) is 3.00. The second-order valence-corrected chi connectivity index (χ2v) is 5.71. The standard InChI is InChI=1S/C16H25FN2O/c1-4-20-16-10-15(13(18)9-12(16)17)19(3)14-8-6-5-7-11(14)2/h9-11,14H,4-8,18H2,1-3H3. The smallest absolute Gasteiger partial charge is 0.167 e. The summed E-state index contributed by atoms with van der Waals surface area (Å²) in [6, 6.07) is 3.56. The van der Waals surface area contributed by atoms with Gasteiger partial charge in [0.1, 0.15) is 0 Å². The molecule has 0 saturated heterocycles. The van der Waals surface area contributed by atoms with Crippen LogP contribution in [0.2, 0.25) is 0 Å². The van der Waals surface area contributed by atoms with E-state index in [1.165, 1.54) is 31.7 Å². The largest absolute Gasteiger partial charge is 0.491 e. The summed E-state index contributed by atoms with van der Waals surface area (Å²) >= 11 is 0. The summed E-state index contributed by atoms with van der Waals surface area (Å²) in [6.07, 6.45) is 4.96. The first-order chi connectivity index (χ1) is 9.54. The van der Waals surface area contributed by atoms with Crippen molar-refractivity contribution in [3.05, 3.63) is 17.9 Å². The van der Waals surface area contributed by atoms with Crippen LogP contribution in [0.5, 0.6) is 5.75 Å². The summed E-state index contributed by atoms with van der Waals surface area (Å²) in [5, 5.41) is 0. The highest BCUT2D eigenvalue weighted by atomic mass is 19.1. The second-order valence-electron chi connectivity index (χ2n) is 5.71. The fourth-order valence-corrected chi connectivity index (χ4v) is 3.18. The normalized spacial score (nSPS) is 22.6. The maximum Gasteiger partial charge on any atom is 0.167 e. The van der Waals surface area contributed by atoms with E-state index in [0.717, 1.165) is 5.69 Å². The molecular weight excluding hydrogens is 255 g/mol. The zero-order chi connectivity index (χ0) is 14.7. The first-order valence-corrected chi connectivity index (χ1v) is 7.49. The number of ether oxygens (including phenoxy) is 1. The third-order valence-corrected chi connectivity index (χ3v) is 4.32. The van der Waals surface area contributed by atoms with Crippen LogP contribution in [-0.4, -0.2) is 19.7 Å². The Bertz CT molecular complexity index is 464. The highest BCUT2D eigenvalue weighted by Gasteiger charge is 2.26. The summed E-state index contributed by atoms with van der Waals surface area (Å²) in [6.45, 7) is 4.58. The van der Waals surface area contributed by atoms with Gasteiger partial charge >= 0.3 is 0 Å². The Balaban J connectivity index is 2.28. The lowest BCUT2D eigenvalue weighted by atomic mass is 9.85. The molecular formula is C16H25FN2O. The van der Waals surface area contributed by atoms with Crippen molar-refractivity contribution in [2.75, 3.05) is 24.3 Å². The maximum atomic E-state index is 13.8. The van der Waals surface area contributed by atoms with Gasteiger partial charge in [-0.25, -0.2) is 4.39 Å². The van der Waals surface area contributed by atoms with Crippen molar-refractivity contribution in [3.8, 4) is 5.75 Å². The Morgan fingerprint density at radius 3 is 2.70 bits per heavy atom. The Kier molecular flexibility index (Phi) is 4.73. The Hall–Kier alpha value is -1.45. The fraction of sp³-hybridized carbons (Fsp3) is 0.625. The summed E-state index contributed by atoms with van der Waals surface area (Å²) < 4.78 is 19.1. The monoisotopic (exact) mass is 280 g/mol. The average Bonchev–Trinajstić information content (AvgIpc) is 2.42. The second kappa shape index (κ2) is 6.33. The van der Waals surface area contributed by atoms with Gasteiger partial charge in [0.25, 0.3) is 0 Å². The lowest BCUT2D eigenvalue weighted by Gasteiger charge is -2.38. The van der Waals surface area contributed by atoms with E-state index in [0.29, 0.717) is 24.3 Å². The van der Waals surface area contributed by atoms with E-state index in [1.807, 2.05) is 14.0 Å². The van der Waals surface area contributed by atoms with Gasteiger partial charge in [-0.15, -0.1) is 0 Å². The van der Waals surface area contributed by atoms with Crippen molar-refractivity contribution >= 4 is 11.4 Å². The van der Waals surface area contributed by atoms with Crippen LogP contribution in [0.15, 0.2) is 12.1 Å². The summed E-state index contributed by atoms with van der Waals surface area (Å²) in [5.41, 5.74) is 7.35. The van der Waals surface area contributed by atoms with Gasteiger partial charge in [-0.1, -0.05) is 19.8 Å². The summed E-state index contributed by atoms with van der Waals surface area (Å²) in [5.74, 6) is 0.527. The van der Waals surface area contributed by atoms with Crippen molar-refractivity contribution in [2.45, 2.75) is 45.6 Å². The lowest BCUT2D eigenvalue weighted by molar-refractivity contribution is 0.316. The van der Waals surface area contributed by atoms with Gasteiger partial charge in [-0.05, 0) is 25.7 Å². The van der Waals surface area contributed by atoms with Gasteiger partial charge in [0.2, 0.25) is 0 Å². The molecule has 2 atom stereocenters. The molecule has 20 heavy (non-hydrogen) atoms. The molecule has 0 amide bonds. The average molecular weight is 280 g/mol. The van der Waals surface area contributed by atoms with E-state index in [9.17, 15) is 4.39 Å². The van der Waals surface area contributed by atoms with Crippen LogP contribution in [-0.2, 0) is 0 Å². The number of nitrogens with two attached hydrogens (primary N) is 1. The maximum absolute atomic E-state index is 13.8. The van der Waals surface area contributed by atoms with Gasteiger partial charge in [-0.2, -0.15) is 0 Å². The zero-order valence-electron chi connectivity index (χ0n) is 12.7. The molecule has 0 heterocycles. The predicted octanol–water partition coefficient (Wildman–Crippen LogP) is 3.82. The lowest BCUT2D eigenvalue weighted by Crippen LogP contribution is -2.39. The van der Waals surface area contributed by atoms with Crippen LogP contribution in [0, 0.1) is 11.7 Å². The Labute approximate surface area is 120 Å². The van der Waals surface area contributed by atoms with Crippen molar-refractivity contribution in [1.82, 2.24) is 0 Å². The number of nitrogen functional groups attached to an aromatic ring is 1. The van der Waals surface area contributed by atoms with Crippen LogP contribution in [0.25, 0.3) is 0 Å². The minimum Gasteiger partial charge on any atom is -0.491 e. The van der Waals surface area contributed by atoms with E-state index in [-0.39, 0.29) is 5.75 Å². The fourth-order valence-electron chi connectivity index (χ4n) is 3.18. The number of halogens is 1. The minimum atomic E-state index is -0.391. The van der Waals surface area contributed by atoms with E-state index in [2.05, 4.69) is 11.8 Å². The Morgan fingerprint density at radius 1 is 1.35 bits per heavy atom. The molecule has 1 aliphatic rings. The van der Waals surface area contributed by atoms with Gasteiger partial charge in [-0.3, -0.25) is 0 Å². The van der Waals surface area contributed by atoms with Crippen LogP contribution in [0.3, 0.4) is 0 Å². The quantitative estimate of drug-likeness (QED) is 0.852. The topological polar surface area (TPSA) is 38.5 Å². The molecule has 1 fully saturated rings. The molecule has 2 N–H and O–H groups in total. The number of anilines is 2. The molecule has 1 aromatic carbocycles. The molecule has 3 nitrogen and oxygen atoms in total. The molecule has 112 valence electrons. The van der Waals surface area contributed by atoms with E-state index >= 15 is 0 Å². The number of rotatable bonds is 4. The number of benzene rings is 1. The SMILES string of the molecule is CCOc1cc(N(C)C2CCCCC2C)c(N)cc1F. The van der Waals surface area contributed by atoms with Crippen molar-refractivity contribution < 1.29 is 9.13 Å². The molecule has 2 rings (SSSR count). The van der Waals surface area contributed by atoms with Crippen LogP contribution < -0.4 is 15.4 Å². The Morgan fingerprint density at radius 2 is 2.05 bits per heavy atom. The predicted molar refractivity (Wildman–Crippen MR) is 81.8 cm³/mol. The number of hydrogen-bond acceptors (Lipinski definition) is 3. The molecule has 0 spiro atoms.